The van der Waals surface area contributed by atoms with Gasteiger partial charge in [-0.25, -0.2) is 0 Å². The molecule has 0 spiro atoms. The second-order valence-corrected chi connectivity index (χ2v) is 3.52. The number of hydrogen-bond donors (Lipinski definition) is 2. The molecule has 0 saturated carbocycles. The van der Waals surface area contributed by atoms with Gasteiger partial charge in [0.1, 0.15) is 0 Å². The lowest BCUT2D eigenvalue weighted by Gasteiger charge is -2.15. The Morgan fingerprint density at radius 3 is 1.93 bits per heavy atom. The van der Waals surface area contributed by atoms with E-state index in [1.54, 1.807) is 6.07 Å². The molecule has 0 heterocycles. The molecule has 0 aliphatic carbocycles. The Balaban J connectivity index is 4.70. The quantitative estimate of drug-likeness (QED) is 0.642. The third kappa shape index (κ3) is 3.44. The molecule has 0 aliphatic rings. The summed E-state index contributed by atoms with van der Waals surface area (Å²) in [6, 6.07) is 1.73. The van der Waals surface area contributed by atoms with Crippen LogP contribution in [0.15, 0.2) is 0 Å². The van der Waals surface area contributed by atoms with Crippen molar-refractivity contribution >= 4 is 11.9 Å². The van der Waals surface area contributed by atoms with Gasteiger partial charge in [0, 0.05) is 0 Å². The molecule has 5 nitrogen and oxygen atoms in total. The lowest BCUT2D eigenvalue weighted by atomic mass is 9.86. The molecule has 0 aromatic carbocycles. The van der Waals surface area contributed by atoms with Gasteiger partial charge >= 0.3 is 11.9 Å². The molecule has 0 bridgehead atoms. The summed E-state index contributed by atoms with van der Waals surface area (Å²) in [6.07, 6.45) is 0.278. The van der Waals surface area contributed by atoms with Gasteiger partial charge in [-0.05, 0) is 12.3 Å². The van der Waals surface area contributed by atoms with E-state index in [4.69, 9.17) is 15.5 Å². The summed E-state index contributed by atoms with van der Waals surface area (Å²) in [5.74, 6) is -5.40. The number of nitriles is 1. The number of carboxylic acid groups (broad SMARTS) is 2. The summed E-state index contributed by atoms with van der Waals surface area (Å²) >= 11 is 0. The summed E-state index contributed by atoms with van der Waals surface area (Å²) < 4.78 is 0. The van der Waals surface area contributed by atoms with Gasteiger partial charge in [-0.15, -0.1) is 0 Å². The van der Waals surface area contributed by atoms with Crippen molar-refractivity contribution in [3.05, 3.63) is 0 Å². The van der Waals surface area contributed by atoms with E-state index in [0.29, 0.717) is 0 Å². The molecule has 0 fully saturated rings. The zero-order valence-electron chi connectivity index (χ0n) is 8.10. The molecule has 0 radical (unpaired) electrons. The van der Waals surface area contributed by atoms with E-state index >= 15 is 0 Å². The van der Waals surface area contributed by atoms with Crippen LogP contribution in [-0.2, 0) is 9.59 Å². The molecule has 0 aromatic rings. The van der Waals surface area contributed by atoms with Crippen LogP contribution in [-0.4, -0.2) is 22.2 Å². The second kappa shape index (κ2) is 5.22. The van der Waals surface area contributed by atoms with Crippen LogP contribution in [0.25, 0.3) is 0 Å². The first-order valence-corrected chi connectivity index (χ1v) is 4.25. The van der Waals surface area contributed by atoms with Crippen molar-refractivity contribution in [1.82, 2.24) is 0 Å². The van der Waals surface area contributed by atoms with Gasteiger partial charge in [0.2, 0.25) is 0 Å². The minimum absolute atomic E-state index is 0.0980. The van der Waals surface area contributed by atoms with Crippen LogP contribution >= 0.6 is 0 Å². The van der Waals surface area contributed by atoms with Gasteiger partial charge in [0.05, 0.1) is 12.0 Å². The first kappa shape index (κ1) is 12.4. The van der Waals surface area contributed by atoms with Crippen LogP contribution in [0, 0.1) is 29.1 Å². The Labute approximate surface area is 82.0 Å². The molecule has 14 heavy (non-hydrogen) atoms. The third-order valence-corrected chi connectivity index (χ3v) is 1.83. The van der Waals surface area contributed by atoms with Crippen molar-refractivity contribution in [2.75, 3.05) is 0 Å². The van der Waals surface area contributed by atoms with Crippen LogP contribution in [0.1, 0.15) is 20.3 Å². The third-order valence-electron chi connectivity index (χ3n) is 1.83. The van der Waals surface area contributed by atoms with E-state index in [1.807, 2.05) is 13.8 Å². The Morgan fingerprint density at radius 2 is 1.71 bits per heavy atom. The average Bonchev–Trinajstić information content (AvgIpc) is 2.00. The van der Waals surface area contributed by atoms with E-state index in [1.165, 1.54) is 0 Å². The highest BCUT2D eigenvalue weighted by molar-refractivity contribution is 5.93. The maximum atomic E-state index is 10.6. The summed E-state index contributed by atoms with van der Waals surface area (Å²) in [5, 5.41) is 25.9. The standard InChI is InChI=1S/C9H13NO4/c1-5(2)3-6(4-10)7(8(11)12)9(13)14/h5-7H,3H2,1-2H3,(H,11,12)(H,13,14). The normalized spacial score (nSPS) is 12.5. The molecule has 0 rings (SSSR count). The Kier molecular flexibility index (Phi) is 4.64. The topological polar surface area (TPSA) is 98.4 Å². The van der Waals surface area contributed by atoms with Gasteiger partial charge in [0.25, 0.3) is 0 Å². The largest absolute Gasteiger partial charge is 0.481 e. The first-order valence-electron chi connectivity index (χ1n) is 4.25. The Bertz CT molecular complexity index is 252. The van der Waals surface area contributed by atoms with Crippen LogP contribution in [0.5, 0.6) is 0 Å². The van der Waals surface area contributed by atoms with Crippen LogP contribution < -0.4 is 0 Å². The average molecular weight is 199 g/mol. The minimum atomic E-state index is -1.62. The molecule has 0 amide bonds. The molecule has 2 N–H and O–H groups in total. The van der Waals surface area contributed by atoms with Crippen LogP contribution in [0.2, 0.25) is 0 Å². The predicted octanol–water partition coefficient (Wildman–Crippen LogP) is 0.958. The molecular formula is C9H13NO4. The maximum absolute atomic E-state index is 10.6. The number of nitrogens with zero attached hydrogens (tertiary/aromatic N) is 1. The lowest BCUT2D eigenvalue weighted by molar-refractivity contribution is -0.156. The van der Waals surface area contributed by atoms with Crippen molar-refractivity contribution in [1.29, 1.82) is 5.26 Å². The van der Waals surface area contributed by atoms with Gasteiger partial charge in [-0.1, -0.05) is 13.8 Å². The molecule has 0 aliphatic heterocycles. The maximum Gasteiger partial charge on any atom is 0.319 e. The van der Waals surface area contributed by atoms with E-state index in [-0.39, 0.29) is 12.3 Å². The highest BCUT2D eigenvalue weighted by atomic mass is 16.4. The lowest BCUT2D eigenvalue weighted by Crippen LogP contribution is -2.31. The zero-order valence-corrected chi connectivity index (χ0v) is 8.10. The summed E-state index contributed by atoms with van der Waals surface area (Å²) in [7, 11) is 0. The van der Waals surface area contributed by atoms with Gasteiger partial charge < -0.3 is 10.2 Å². The monoisotopic (exact) mass is 199 g/mol. The molecule has 78 valence electrons. The highest BCUT2D eigenvalue weighted by Gasteiger charge is 2.35. The number of aliphatic carboxylic acids is 2. The predicted molar refractivity (Wildman–Crippen MR) is 47.3 cm³/mol. The Hall–Kier alpha value is -1.57. The fraction of sp³-hybridized carbons (Fsp3) is 0.667. The molecule has 0 aromatic heterocycles. The van der Waals surface area contributed by atoms with E-state index in [2.05, 4.69) is 0 Å². The van der Waals surface area contributed by atoms with Gasteiger partial charge in [-0.3, -0.25) is 9.59 Å². The fourth-order valence-electron chi connectivity index (χ4n) is 1.22. The van der Waals surface area contributed by atoms with Crippen molar-refractivity contribution in [2.45, 2.75) is 20.3 Å². The van der Waals surface area contributed by atoms with Crippen molar-refractivity contribution in [2.24, 2.45) is 17.8 Å². The van der Waals surface area contributed by atoms with Crippen molar-refractivity contribution in [3.63, 3.8) is 0 Å². The second-order valence-electron chi connectivity index (χ2n) is 3.52. The van der Waals surface area contributed by atoms with Gasteiger partial charge in [-0.2, -0.15) is 5.26 Å². The van der Waals surface area contributed by atoms with Crippen molar-refractivity contribution < 1.29 is 19.8 Å². The zero-order chi connectivity index (χ0) is 11.3. The number of carboxylic acids is 2. The van der Waals surface area contributed by atoms with Crippen molar-refractivity contribution in [3.8, 4) is 6.07 Å². The molecule has 1 atom stereocenters. The number of rotatable bonds is 5. The molecule has 1 unspecified atom stereocenters. The van der Waals surface area contributed by atoms with Gasteiger partial charge in [0.15, 0.2) is 5.92 Å². The molecule has 5 heteroatoms. The van der Waals surface area contributed by atoms with E-state index < -0.39 is 23.8 Å². The minimum Gasteiger partial charge on any atom is -0.481 e. The van der Waals surface area contributed by atoms with E-state index in [0.717, 1.165) is 0 Å². The summed E-state index contributed by atoms with van der Waals surface area (Å²) in [4.78, 5) is 21.2. The highest BCUT2D eigenvalue weighted by Crippen LogP contribution is 2.20. The smallest absolute Gasteiger partial charge is 0.319 e. The van der Waals surface area contributed by atoms with Crippen LogP contribution in [0.3, 0.4) is 0 Å². The summed E-state index contributed by atoms with van der Waals surface area (Å²) in [6.45, 7) is 3.62. The first-order chi connectivity index (χ1) is 6.40. The summed E-state index contributed by atoms with van der Waals surface area (Å²) in [5.41, 5.74) is 0. The van der Waals surface area contributed by atoms with Crippen LogP contribution in [0.4, 0.5) is 0 Å². The fourth-order valence-corrected chi connectivity index (χ4v) is 1.22. The molecular weight excluding hydrogens is 186 g/mol. The SMILES string of the molecule is CC(C)CC(C#N)C(C(=O)O)C(=O)O. The molecule has 0 saturated heterocycles. The number of carbonyl (C=O) groups is 2. The number of hydrogen-bond acceptors (Lipinski definition) is 3. The Morgan fingerprint density at radius 1 is 1.29 bits per heavy atom. The van der Waals surface area contributed by atoms with E-state index in [9.17, 15) is 9.59 Å².